The Morgan fingerprint density at radius 1 is 1.24 bits per heavy atom. The molecule has 2 rings (SSSR count). The number of anilines is 1. The van der Waals surface area contributed by atoms with Crippen LogP contribution in [-0.4, -0.2) is 16.9 Å². The zero-order valence-corrected chi connectivity index (χ0v) is 12.4. The summed E-state index contributed by atoms with van der Waals surface area (Å²) in [5.41, 5.74) is 5.50. The standard InChI is InChI=1S/C12H10Cl2F3N3O/c1-5-10(18)20(19-11(5)21-2)9-7(13)3-6(4-8(9)14)12(15,16)17/h3-4H,18H2,1-2H3. The molecule has 0 bridgehead atoms. The summed E-state index contributed by atoms with van der Waals surface area (Å²) in [5, 5.41) is 3.60. The van der Waals surface area contributed by atoms with Crippen LogP contribution in [0.3, 0.4) is 0 Å². The number of hydrogen-bond donors (Lipinski definition) is 1. The van der Waals surface area contributed by atoms with Gasteiger partial charge in [-0.2, -0.15) is 13.2 Å². The highest BCUT2D eigenvalue weighted by Crippen LogP contribution is 2.39. The lowest BCUT2D eigenvalue weighted by molar-refractivity contribution is -0.137. The summed E-state index contributed by atoms with van der Waals surface area (Å²) in [7, 11) is 1.40. The van der Waals surface area contributed by atoms with Crippen LogP contribution < -0.4 is 10.5 Å². The number of nitrogen functional groups attached to an aromatic ring is 1. The van der Waals surface area contributed by atoms with Crippen molar-refractivity contribution >= 4 is 29.0 Å². The molecule has 2 N–H and O–H groups in total. The molecule has 21 heavy (non-hydrogen) atoms. The molecule has 0 saturated carbocycles. The molecule has 9 heteroatoms. The second-order valence-electron chi connectivity index (χ2n) is 4.22. The second-order valence-corrected chi connectivity index (χ2v) is 5.03. The molecule has 1 aromatic heterocycles. The molecule has 0 unspecified atom stereocenters. The van der Waals surface area contributed by atoms with Gasteiger partial charge in [0, 0.05) is 0 Å². The second kappa shape index (κ2) is 5.31. The van der Waals surface area contributed by atoms with Crippen LogP contribution in [0.4, 0.5) is 19.0 Å². The Balaban J connectivity index is 2.66. The zero-order chi connectivity index (χ0) is 15.9. The average molecular weight is 340 g/mol. The fourth-order valence-electron chi connectivity index (χ4n) is 1.78. The molecule has 0 atom stereocenters. The molecule has 4 nitrogen and oxygen atoms in total. The Morgan fingerprint density at radius 3 is 2.14 bits per heavy atom. The molecule has 0 radical (unpaired) electrons. The van der Waals surface area contributed by atoms with Gasteiger partial charge in [-0.15, -0.1) is 5.10 Å². The Morgan fingerprint density at radius 2 is 1.76 bits per heavy atom. The number of aromatic nitrogens is 2. The predicted octanol–water partition coefficient (Wildman–Crippen LogP) is 4.10. The van der Waals surface area contributed by atoms with Gasteiger partial charge in [0.2, 0.25) is 5.88 Å². The number of ether oxygens (including phenoxy) is 1. The molecule has 0 saturated heterocycles. The number of rotatable bonds is 2. The first kappa shape index (κ1) is 15.8. The molecule has 0 fully saturated rings. The van der Waals surface area contributed by atoms with Crippen molar-refractivity contribution < 1.29 is 17.9 Å². The molecule has 114 valence electrons. The maximum absolute atomic E-state index is 12.7. The van der Waals surface area contributed by atoms with Gasteiger partial charge in [0.25, 0.3) is 0 Å². The van der Waals surface area contributed by atoms with Crippen LogP contribution in [0, 0.1) is 6.92 Å². The van der Waals surface area contributed by atoms with E-state index in [0.29, 0.717) is 5.56 Å². The van der Waals surface area contributed by atoms with Crippen LogP contribution in [0.15, 0.2) is 12.1 Å². The van der Waals surface area contributed by atoms with E-state index < -0.39 is 11.7 Å². The van der Waals surface area contributed by atoms with E-state index in [2.05, 4.69) is 5.10 Å². The summed E-state index contributed by atoms with van der Waals surface area (Å²) >= 11 is 11.8. The Labute approximate surface area is 128 Å². The van der Waals surface area contributed by atoms with Crippen molar-refractivity contribution in [1.29, 1.82) is 0 Å². The molecule has 2 aromatic rings. The molecule has 0 amide bonds. The molecule has 0 aliphatic carbocycles. The number of nitrogens with two attached hydrogens (primary N) is 1. The van der Waals surface area contributed by atoms with Crippen LogP contribution in [0.1, 0.15) is 11.1 Å². The lowest BCUT2D eigenvalue weighted by atomic mass is 10.2. The third-order valence-corrected chi connectivity index (χ3v) is 3.45. The summed E-state index contributed by atoms with van der Waals surface area (Å²) in [4.78, 5) is 0. The van der Waals surface area contributed by atoms with Gasteiger partial charge in [-0.25, -0.2) is 4.68 Å². The number of benzene rings is 1. The topological polar surface area (TPSA) is 53.1 Å². The van der Waals surface area contributed by atoms with Gasteiger partial charge in [0.15, 0.2) is 0 Å². The van der Waals surface area contributed by atoms with E-state index in [1.54, 1.807) is 6.92 Å². The van der Waals surface area contributed by atoms with Crippen molar-refractivity contribution in [3.8, 4) is 11.6 Å². The van der Waals surface area contributed by atoms with Gasteiger partial charge in [-0.1, -0.05) is 23.2 Å². The fourth-order valence-corrected chi connectivity index (χ4v) is 2.43. The first-order valence-corrected chi connectivity index (χ1v) is 6.38. The highest BCUT2D eigenvalue weighted by molar-refractivity contribution is 6.38. The highest BCUT2D eigenvalue weighted by atomic mass is 35.5. The zero-order valence-electron chi connectivity index (χ0n) is 10.9. The van der Waals surface area contributed by atoms with Gasteiger partial charge in [-0.05, 0) is 19.1 Å². The Bertz CT molecular complexity index is 675. The van der Waals surface area contributed by atoms with E-state index in [0.717, 1.165) is 16.8 Å². The van der Waals surface area contributed by atoms with Gasteiger partial charge in [-0.3, -0.25) is 0 Å². The summed E-state index contributed by atoms with van der Waals surface area (Å²) < 4.78 is 44.3. The van der Waals surface area contributed by atoms with Crippen molar-refractivity contribution in [2.45, 2.75) is 13.1 Å². The number of halogens is 5. The van der Waals surface area contributed by atoms with Crippen LogP contribution >= 0.6 is 23.2 Å². The molecule has 0 aliphatic rings. The highest BCUT2D eigenvalue weighted by Gasteiger charge is 2.32. The van der Waals surface area contributed by atoms with Gasteiger partial charge < -0.3 is 10.5 Å². The molecule has 0 spiro atoms. The Hall–Kier alpha value is -1.60. The summed E-state index contributed by atoms with van der Waals surface area (Å²) in [6, 6.07) is 1.54. The number of methoxy groups -OCH3 is 1. The predicted molar refractivity (Wildman–Crippen MR) is 74.3 cm³/mol. The van der Waals surface area contributed by atoms with Crippen molar-refractivity contribution in [2.75, 3.05) is 12.8 Å². The van der Waals surface area contributed by atoms with Crippen LogP contribution in [0.5, 0.6) is 5.88 Å². The lowest BCUT2D eigenvalue weighted by Gasteiger charge is -2.13. The average Bonchev–Trinajstić information content (AvgIpc) is 2.65. The maximum Gasteiger partial charge on any atom is 0.416 e. The van der Waals surface area contributed by atoms with E-state index in [-0.39, 0.29) is 27.4 Å². The third-order valence-electron chi connectivity index (χ3n) is 2.87. The van der Waals surface area contributed by atoms with E-state index >= 15 is 0 Å². The smallest absolute Gasteiger partial charge is 0.416 e. The van der Waals surface area contributed by atoms with E-state index in [9.17, 15) is 13.2 Å². The third kappa shape index (κ3) is 2.75. The van der Waals surface area contributed by atoms with Crippen LogP contribution in [0.2, 0.25) is 10.0 Å². The number of alkyl halides is 3. The minimum absolute atomic E-state index is 0.0650. The summed E-state index contributed by atoms with van der Waals surface area (Å²) in [6.45, 7) is 1.66. The van der Waals surface area contributed by atoms with Gasteiger partial charge >= 0.3 is 6.18 Å². The van der Waals surface area contributed by atoms with Crippen molar-refractivity contribution in [3.05, 3.63) is 33.3 Å². The maximum atomic E-state index is 12.7. The summed E-state index contributed by atoms with van der Waals surface area (Å²) in [6.07, 6.45) is -4.55. The quantitative estimate of drug-likeness (QED) is 0.896. The van der Waals surface area contributed by atoms with Gasteiger partial charge in [0.1, 0.15) is 11.5 Å². The first-order valence-electron chi connectivity index (χ1n) is 5.62. The van der Waals surface area contributed by atoms with Crippen LogP contribution in [-0.2, 0) is 6.18 Å². The Kier molecular flexibility index (Phi) is 3.99. The minimum atomic E-state index is -4.55. The first-order chi connectivity index (χ1) is 9.66. The molecular weight excluding hydrogens is 330 g/mol. The van der Waals surface area contributed by atoms with E-state index in [4.69, 9.17) is 33.7 Å². The van der Waals surface area contributed by atoms with Crippen molar-refractivity contribution in [3.63, 3.8) is 0 Å². The van der Waals surface area contributed by atoms with Gasteiger partial charge in [0.05, 0.1) is 28.3 Å². The summed E-state index contributed by atoms with van der Waals surface area (Å²) in [5.74, 6) is 0.412. The minimum Gasteiger partial charge on any atom is -0.480 e. The van der Waals surface area contributed by atoms with Crippen LogP contribution in [0.25, 0.3) is 5.69 Å². The number of nitrogens with zero attached hydrogens (tertiary/aromatic N) is 2. The molecular formula is C12H10Cl2F3N3O. The molecule has 0 aliphatic heterocycles. The lowest BCUT2D eigenvalue weighted by Crippen LogP contribution is -2.08. The van der Waals surface area contributed by atoms with E-state index in [1.807, 2.05) is 0 Å². The number of hydrogen-bond acceptors (Lipinski definition) is 3. The van der Waals surface area contributed by atoms with Crippen molar-refractivity contribution in [1.82, 2.24) is 9.78 Å². The van der Waals surface area contributed by atoms with E-state index in [1.165, 1.54) is 7.11 Å². The monoisotopic (exact) mass is 339 g/mol. The largest absolute Gasteiger partial charge is 0.480 e. The van der Waals surface area contributed by atoms with Crippen molar-refractivity contribution in [2.24, 2.45) is 0 Å². The molecule has 1 aromatic carbocycles. The molecule has 1 heterocycles. The normalized spacial score (nSPS) is 11.8. The SMILES string of the molecule is COc1nn(-c2c(Cl)cc(C(F)(F)F)cc2Cl)c(N)c1C. The fraction of sp³-hybridized carbons (Fsp3) is 0.250.